The van der Waals surface area contributed by atoms with Crippen molar-refractivity contribution >= 4 is 34.3 Å². The van der Waals surface area contributed by atoms with Crippen molar-refractivity contribution in [3.63, 3.8) is 0 Å². The van der Waals surface area contributed by atoms with Crippen LogP contribution in [0.15, 0.2) is 91.0 Å². The predicted molar refractivity (Wildman–Crippen MR) is 169 cm³/mol. The lowest BCUT2D eigenvalue weighted by Gasteiger charge is -2.32. The summed E-state index contributed by atoms with van der Waals surface area (Å²) in [6.45, 7) is 1.41. The molecule has 1 heterocycles. The van der Waals surface area contributed by atoms with Crippen LogP contribution in [0.2, 0.25) is 0 Å². The number of hydrogen-bond acceptors (Lipinski definition) is 8. The van der Waals surface area contributed by atoms with Crippen LogP contribution in [-0.2, 0) is 22.7 Å². The molecular weight excluding hydrogens is 574 g/mol. The first-order valence-corrected chi connectivity index (χ1v) is 14.2. The Morgan fingerprint density at radius 1 is 0.844 bits per heavy atom. The highest BCUT2D eigenvalue weighted by Gasteiger charge is 2.35. The molecule has 5 aromatic rings. The van der Waals surface area contributed by atoms with E-state index < -0.39 is 17.9 Å². The van der Waals surface area contributed by atoms with Crippen LogP contribution in [0.25, 0.3) is 11.0 Å². The van der Waals surface area contributed by atoms with Crippen molar-refractivity contribution in [1.29, 1.82) is 0 Å². The van der Waals surface area contributed by atoms with Crippen LogP contribution in [0, 0.1) is 0 Å². The summed E-state index contributed by atoms with van der Waals surface area (Å²) in [4.78, 5) is 42.5. The van der Waals surface area contributed by atoms with E-state index in [-0.39, 0.29) is 18.9 Å². The average molecular weight is 608 g/mol. The third-order valence-electron chi connectivity index (χ3n) is 7.32. The van der Waals surface area contributed by atoms with Crippen LogP contribution in [0.5, 0.6) is 17.2 Å². The molecule has 1 N–H and O–H groups in total. The van der Waals surface area contributed by atoms with Gasteiger partial charge in [0.05, 0.1) is 26.8 Å². The molecule has 0 radical (unpaired) electrons. The quantitative estimate of drug-likeness (QED) is 0.202. The van der Waals surface area contributed by atoms with Crippen LogP contribution in [0.1, 0.15) is 34.5 Å². The molecule has 4 aromatic carbocycles. The van der Waals surface area contributed by atoms with Crippen LogP contribution in [-0.4, -0.2) is 53.9 Å². The molecule has 1 atom stereocenters. The maximum Gasteiger partial charge on any atom is 0.249 e. The van der Waals surface area contributed by atoms with E-state index in [1.54, 1.807) is 42.5 Å². The highest BCUT2D eigenvalue weighted by molar-refractivity contribution is 6.03. The Morgan fingerprint density at radius 3 is 2.20 bits per heavy atom. The molecule has 0 aliphatic carbocycles. The van der Waals surface area contributed by atoms with Crippen molar-refractivity contribution in [1.82, 2.24) is 20.3 Å². The Bertz CT molecular complexity index is 1810. The monoisotopic (exact) mass is 607 g/mol. The molecule has 0 saturated heterocycles. The van der Waals surface area contributed by atoms with E-state index in [2.05, 4.69) is 15.6 Å². The van der Waals surface area contributed by atoms with Gasteiger partial charge in [-0.3, -0.25) is 19.3 Å². The summed E-state index contributed by atoms with van der Waals surface area (Å²) in [6.07, 6.45) is 0. The van der Waals surface area contributed by atoms with Gasteiger partial charge >= 0.3 is 0 Å². The number of carbonyl (C=O) groups excluding carboxylic acids is 3. The van der Waals surface area contributed by atoms with Gasteiger partial charge < -0.3 is 19.5 Å². The van der Waals surface area contributed by atoms with Crippen LogP contribution < -0.4 is 24.4 Å². The van der Waals surface area contributed by atoms with Crippen LogP contribution in [0.3, 0.4) is 0 Å². The van der Waals surface area contributed by atoms with Crippen molar-refractivity contribution in [3.8, 4) is 17.2 Å². The molecule has 0 saturated carbocycles. The van der Waals surface area contributed by atoms with Crippen molar-refractivity contribution in [3.05, 3.63) is 108 Å². The van der Waals surface area contributed by atoms with E-state index in [9.17, 15) is 14.4 Å². The molecule has 230 valence electrons. The second-order valence-corrected chi connectivity index (χ2v) is 10.2. The molecule has 0 aliphatic rings. The van der Waals surface area contributed by atoms with E-state index >= 15 is 0 Å². The molecule has 1 aromatic heterocycles. The molecule has 11 nitrogen and oxygen atoms in total. The number of nitrogens with zero attached hydrogens (tertiary/aromatic N) is 4. The van der Waals surface area contributed by atoms with Gasteiger partial charge in [-0.1, -0.05) is 59.8 Å². The van der Waals surface area contributed by atoms with Crippen LogP contribution in [0.4, 0.5) is 5.69 Å². The summed E-state index contributed by atoms with van der Waals surface area (Å²) in [5.41, 5.74) is 3.26. The number of rotatable bonds is 12. The lowest BCUT2D eigenvalue weighted by Crippen LogP contribution is -2.45. The molecule has 1 unspecified atom stereocenters. The van der Waals surface area contributed by atoms with Gasteiger partial charge in [-0.05, 0) is 54.4 Å². The Labute approximate surface area is 260 Å². The number of carbonyl (C=O) groups is 3. The number of hydrogen-bond donors (Lipinski definition) is 1. The Kier molecular flexibility index (Phi) is 9.37. The fourth-order valence-electron chi connectivity index (χ4n) is 5.11. The van der Waals surface area contributed by atoms with Gasteiger partial charge in [-0.25, -0.2) is 4.68 Å². The summed E-state index contributed by atoms with van der Waals surface area (Å²) in [5.74, 6) is -0.194. The van der Waals surface area contributed by atoms with E-state index in [4.69, 9.17) is 14.2 Å². The maximum atomic E-state index is 14.4. The summed E-state index contributed by atoms with van der Waals surface area (Å²) in [6, 6.07) is 25.3. The first-order chi connectivity index (χ1) is 21.8. The second-order valence-electron chi connectivity index (χ2n) is 10.2. The largest absolute Gasteiger partial charge is 0.493 e. The zero-order valence-electron chi connectivity index (χ0n) is 25.4. The molecule has 0 aliphatic heterocycles. The molecular formula is C34H33N5O6. The predicted octanol–water partition coefficient (Wildman–Crippen LogP) is 4.75. The highest BCUT2D eigenvalue weighted by Crippen LogP contribution is 2.42. The molecule has 0 spiro atoms. The van der Waals surface area contributed by atoms with Gasteiger partial charge in [0.15, 0.2) is 17.3 Å². The minimum atomic E-state index is -1.23. The van der Waals surface area contributed by atoms with Crippen molar-refractivity contribution < 1.29 is 28.6 Å². The van der Waals surface area contributed by atoms with Crippen LogP contribution >= 0.6 is 0 Å². The first-order valence-electron chi connectivity index (χ1n) is 14.2. The summed E-state index contributed by atoms with van der Waals surface area (Å²) in [5, 5.41) is 11.4. The lowest BCUT2D eigenvalue weighted by atomic mass is 10.0. The van der Waals surface area contributed by atoms with E-state index in [0.717, 1.165) is 5.56 Å². The third-order valence-corrected chi connectivity index (χ3v) is 7.32. The number of Topliss-reactive ketones (excluding diaryl/α,β-unsaturated/α-hetero) is 1. The van der Waals surface area contributed by atoms with E-state index in [0.29, 0.717) is 45.1 Å². The third kappa shape index (κ3) is 6.62. The Hall–Kier alpha value is -5.71. The summed E-state index contributed by atoms with van der Waals surface area (Å²) >= 11 is 0. The van der Waals surface area contributed by atoms with Gasteiger partial charge in [0, 0.05) is 17.8 Å². The number of fused-ring (bicyclic) bond motifs is 1. The second kappa shape index (κ2) is 13.7. The Morgan fingerprint density at radius 2 is 1.53 bits per heavy atom. The standard InChI is InChI=1S/C34H33N5O6/c1-22(40)24-13-10-14-26(17-24)39(31(41)21-38-28-16-9-8-15-27(28)36-37-38)32(34(42)35-20-23-11-6-5-7-12-23)25-18-29(43-2)33(45-4)30(19-25)44-3/h5-19,32H,20-21H2,1-4H3,(H,35,42). The summed E-state index contributed by atoms with van der Waals surface area (Å²) in [7, 11) is 4.43. The SMILES string of the molecule is COc1cc(C(C(=O)NCc2ccccc2)N(C(=O)Cn2nnc3ccccc32)c2cccc(C(C)=O)c2)cc(OC)c1OC. The van der Waals surface area contributed by atoms with Crippen molar-refractivity contribution in [2.75, 3.05) is 26.2 Å². The number of anilines is 1. The number of nitrogens with one attached hydrogen (secondary N) is 1. The van der Waals surface area contributed by atoms with E-state index in [1.807, 2.05) is 48.5 Å². The number of ketones is 1. The zero-order chi connectivity index (χ0) is 31.9. The smallest absolute Gasteiger partial charge is 0.249 e. The minimum absolute atomic E-state index is 0.190. The van der Waals surface area contributed by atoms with Crippen molar-refractivity contribution in [2.45, 2.75) is 26.1 Å². The normalized spacial score (nSPS) is 11.5. The number of aromatic nitrogens is 3. The summed E-state index contributed by atoms with van der Waals surface area (Å²) < 4.78 is 18.2. The number of methoxy groups -OCH3 is 3. The highest BCUT2D eigenvalue weighted by atomic mass is 16.5. The molecule has 0 bridgehead atoms. The molecule has 11 heteroatoms. The van der Waals surface area contributed by atoms with Crippen molar-refractivity contribution in [2.24, 2.45) is 0 Å². The van der Waals surface area contributed by atoms with Gasteiger partial charge in [0.25, 0.3) is 0 Å². The fraction of sp³-hybridized carbons (Fsp3) is 0.206. The van der Waals surface area contributed by atoms with Gasteiger partial charge in [-0.15, -0.1) is 5.10 Å². The number of ether oxygens (including phenoxy) is 3. The zero-order valence-corrected chi connectivity index (χ0v) is 25.4. The number of para-hydroxylation sites is 1. The van der Waals surface area contributed by atoms with Gasteiger partial charge in [0.1, 0.15) is 18.1 Å². The van der Waals surface area contributed by atoms with Gasteiger partial charge in [-0.2, -0.15) is 0 Å². The number of benzene rings is 4. The molecule has 45 heavy (non-hydrogen) atoms. The first kappa shape index (κ1) is 30.7. The minimum Gasteiger partial charge on any atom is -0.493 e. The van der Waals surface area contributed by atoms with Gasteiger partial charge in [0.2, 0.25) is 17.6 Å². The lowest BCUT2D eigenvalue weighted by molar-refractivity contribution is -0.127. The molecule has 5 rings (SSSR count). The Balaban J connectivity index is 1.67. The van der Waals surface area contributed by atoms with E-state index in [1.165, 1.54) is 37.8 Å². The molecule has 2 amide bonds. The molecule has 0 fully saturated rings. The maximum absolute atomic E-state index is 14.4. The average Bonchev–Trinajstić information content (AvgIpc) is 3.48. The number of amides is 2. The topological polar surface area (TPSA) is 125 Å². The fourth-order valence-corrected chi connectivity index (χ4v) is 5.11.